The third kappa shape index (κ3) is 4.87. The standard InChI is InChI=1S/C22H23NO5S2/c1-26-19-13-15(22-29-11-12-30-22)4-9-18(19)28-21(25)14-27-17-7-5-16(6-8-17)23-10-2-3-20(23)24/h4-9,13,22H,2-3,10-12,14H2,1H3. The molecule has 158 valence electrons. The van der Waals surface area contributed by atoms with E-state index in [0.29, 0.717) is 28.3 Å². The van der Waals surface area contributed by atoms with Gasteiger partial charge in [-0.25, -0.2) is 4.79 Å². The van der Waals surface area contributed by atoms with Gasteiger partial charge in [0.25, 0.3) is 0 Å². The van der Waals surface area contributed by atoms with Gasteiger partial charge in [0.1, 0.15) is 5.75 Å². The molecule has 30 heavy (non-hydrogen) atoms. The predicted molar refractivity (Wildman–Crippen MR) is 120 cm³/mol. The van der Waals surface area contributed by atoms with Gasteiger partial charge in [0.2, 0.25) is 5.91 Å². The van der Waals surface area contributed by atoms with Crippen molar-refractivity contribution in [3.05, 3.63) is 48.0 Å². The Hall–Kier alpha value is -2.32. The number of anilines is 1. The highest BCUT2D eigenvalue weighted by Crippen LogP contribution is 2.46. The van der Waals surface area contributed by atoms with Crippen LogP contribution in [0.4, 0.5) is 5.69 Å². The summed E-state index contributed by atoms with van der Waals surface area (Å²) in [5.41, 5.74) is 2.00. The molecule has 2 fully saturated rings. The SMILES string of the molecule is COc1cc(C2SCCS2)ccc1OC(=O)COc1ccc(N2CCCC2=O)cc1. The zero-order valence-corrected chi connectivity index (χ0v) is 18.3. The number of nitrogens with zero attached hydrogens (tertiary/aromatic N) is 1. The van der Waals surface area contributed by atoms with Gasteiger partial charge in [0.05, 0.1) is 11.7 Å². The van der Waals surface area contributed by atoms with Crippen LogP contribution in [0.15, 0.2) is 42.5 Å². The quantitative estimate of drug-likeness (QED) is 0.465. The average Bonchev–Trinajstić information content (AvgIpc) is 3.45. The average molecular weight is 446 g/mol. The molecule has 0 radical (unpaired) electrons. The molecule has 2 aromatic carbocycles. The third-order valence-electron chi connectivity index (χ3n) is 4.88. The fourth-order valence-electron chi connectivity index (χ4n) is 3.40. The third-order valence-corrected chi connectivity index (χ3v) is 7.99. The van der Waals surface area contributed by atoms with Crippen molar-refractivity contribution in [2.24, 2.45) is 0 Å². The van der Waals surface area contributed by atoms with Crippen LogP contribution in [0.3, 0.4) is 0 Å². The molecule has 0 unspecified atom stereocenters. The number of esters is 1. The summed E-state index contributed by atoms with van der Waals surface area (Å²) in [6.07, 6.45) is 1.47. The molecule has 0 saturated carbocycles. The molecule has 2 aromatic rings. The molecule has 0 aliphatic carbocycles. The van der Waals surface area contributed by atoms with Crippen molar-refractivity contribution >= 4 is 41.1 Å². The van der Waals surface area contributed by atoms with Crippen molar-refractivity contribution in [3.63, 3.8) is 0 Å². The molecule has 2 aliphatic heterocycles. The maximum Gasteiger partial charge on any atom is 0.349 e. The maximum atomic E-state index is 12.3. The Labute approximate surface area is 184 Å². The molecule has 6 nitrogen and oxygen atoms in total. The Morgan fingerprint density at radius 1 is 1.10 bits per heavy atom. The number of hydrogen-bond donors (Lipinski definition) is 0. The zero-order valence-electron chi connectivity index (χ0n) is 16.7. The molecule has 0 aromatic heterocycles. The van der Waals surface area contributed by atoms with Crippen molar-refractivity contribution in [2.45, 2.75) is 17.4 Å². The first-order valence-electron chi connectivity index (χ1n) is 9.79. The highest BCUT2D eigenvalue weighted by Gasteiger charge is 2.22. The van der Waals surface area contributed by atoms with Gasteiger partial charge in [-0.05, 0) is 48.4 Å². The highest BCUT2D eigenvalue weighted by molar-refractivity contribution is 8.19. The lowest BCUT2D eigenvalue weighted by Crippen LogP contribution is -2.23. The van der Waals surface area contributed by atoms with E-state index < -0.39 is 5.97 Å². The van der Waals surface area contributed by atoms with E-state index in [0.717, 1.165) is 35.7 Å². The van der Waals surface area contributed by atoms with Crippen molar-refractivity contribution in [3.8, 4) is 17.2 Å². The molecular formula is C22H23NO5S2. The number of methoxy groups -OCH3 is 1. The van der Waals surface area contributed by atoms with E-state index >= 15 is 0 Å². The minimum Gasteiger partial charge on any atom is -0.493 e. The van der Waals surface area contributed by atoms with Crippen LogP contribution in [-0.2, 0) is 9.59 Å². The van der Waals surface area contributed by atoms with E-state index in [1.165, 1.54) is 0 Å². The van der Waals surface area contributed by atoms with Crippen LogP contribution in [-0.4, -0.2) is 43.6 Å². The molecule has 1 amide bonds. The topological polar surface area (TPSA) is 65.1 Å². The normalized spacial score (nSPS) is 16.7. The Morgan fingerprint density at radius 2 is 1.87 bits per heavy atom. The van der Waals surface area contributed by atoms with E-state index in [4.69, 9.17) is 14.2 Å². The number of rotatable bonds is 7. The summed E-state index contributed by atoms with van der Waals surface area (Å²) in [4.78, 5) is 25.8. The molecule has 0 atom stereocenters. The largest absolute Gasteiger partial charge is 0.493 e. The fourth-order valence-corrected chi connectivity index (χ4v) is 6.24. The Balaban J connectivity index is 1.32. The van der Waals surface area contributed by atoms with Crippen LogP contribution in [0.1, 0.15) is 23.0 Å². The molecule has 2 saturated heterocycles. The van der Waals surface area contributed by atoms with E-state index in [-0.39, 0.29) is 12.5 Å². The molecule has 0 bridgehead atoms. The molecule has 0 N–H and O–H groups in total. The lowest BCUT2D eigenvalue weighted by Gasteiger charge is -2.16. The van der Waals surface area contributed by atoms with Crippen LogP contribution in [0.2, 0.25) is 0 Å². The second-order valence-corrected chi connectivity index (χ2v) is 9.61. The van der Waals surface area contributed by atoms with Gasteiger partial charge in [-0.3, -0.25) is 4.79 Å². The van der Waals surface area contributed by atoms with Crippen LogP contribution in [0.5, 0.6) is 17.2 Å². The minimum absolute atomic E-state index is 0.136. The van der Waals surface area contributed by atoms with Crippen LogP contribution >= 0.6 is 23.5 Å². The molecule has 4 rings (SSSR count). The summed E-state index contributed by atoms with van der Waals surface area (Å²) in [5, 5.41) is 0. The van der Waals surface area contributed by atoms with E-state index in [1.54, 1.807) is 30.2 Å². The number of hydrogen-bond acceptors (Lipinski definition) is 7. The van der Waals surface area contributed by atoms with Gasteiger partial charge < -0.3 is 19.1 Å². The van der Waals surface area contributed by atoms with Gasteiger partial charge in [0, 0.05) is 30.2 Å². The molecule has 2 aliphatic rings. The lowest BCUT2D eigenvalue weighted by molar-refractivity contribution is -0.136. The number of carbonyl (C=O) groups excluding carboxylic acids is 2. The van der Waals surface area contributed by atoms with E-state index in [1.807, 2.05) is 47.8 Å². The first kappa shape index (κ1) is 20.9. The summed E-state index contributed by atoms with van der Waals surface area (Å²) in [6.45, 7) is 0.519. The van der Waals surface area contributed by atoms with Gasteiger partial charge in [-0.15, -0.1) is 23.5 Å². The Bertz CT molecular complexity index is 912. The molecule has 8 heteroatoms. The molecule has 2 heterocycles. The summed E-state index contributed by atoms with van der Waals surface area (Å²) >= 11 is 3.81. The number of amides is 1. The number of thioether (sulfide) groups is 2. The first-order valence-corrected chi connectivity index (χ1v) is 11.9. The first-order chi connectivity index (χ1) is 14.6. The summed E-state index contributed by atoms with van der Waals surface area (Å²) in [6, 6.07) is 12.8. The van der Waals surface area contributed by atoms with Crippen molar-refractivity contribution in [1.82, 2.24) is 0 Å². The van der Waals surface area contributed by atoms with Crippen LogP contribution in [0, 0.1) is 0 Å². The van der Waals surface area contributed by atoms with Crippen LogP contribution in [0.25, 0.3) is 0 Å². The van der Waals surface area contributed by atoms with Crippen molar-refractivity contribution < 1.29 is 23.8 Å². The van der Waals surface area contributed by atoms with Crippen molar-refractivity contribution in [2.75, 3.05) is 36.7 Å². The maximum absolute atomic E-state index is 12.3. The van der Waals surface area contributed by atoms with Gasteiger partial charge in [-0.2, -0.15) is 0 Å². The van der Waals surface area contributed by atoms with Gasteiger partial charge in [0.15, 0.2) is 18.1 Å². The number of carbonyl (C=O) groups is 2. The minimum atomic E-state index is -0.510. The molecule has 0 spiro atoms. The second kappa shape index (κ2) is 9.66. The Kier molecular flexibility index (Phi) is 6.74. The summed E-state index contributed by atoms with van der Waals surface area (Å²) < 4.78 is 16.8. The summed E-state index contributed by atoms with van der Waals surface area (Å²) in [5.74, 6) is 3.36. The van der Waals surface area contributed by atoms with Crippen LogP contribution < -0.4 is 19.1 Å². The fraction of sp³-hybridized carbons (Fsp3) is 0.364. The number of ether oxygens (including phenoxy) is 3. The zero-order chi connectivity index (χ0) is 20.9. The van der Waals surface area contributed by atoms with Gasteiger partial charge in [-0.1, -0.05) is 6.07 Å². The summed E-state index contributed by atoms with van der Waals surface area (Å²) in [7, 11) is 1.56. The monoisotopic (exact) mass is 445 g/mol. The van der Waals surface area contributed by atoms with Gasteiger partial charge >= 0.3 is 5.97 Å². The number of benzene rings is 2. The Morgan fingerprint density at radius 3 is 2.53 bits per heavy atom. The van der Waals surface area contributed by atoms with E-state index in [2.05, 4.69) is 0 Å². The highest BCUT2D eigenvalue weighted by atomic mass is 32.2. The smallest absolute Gasteiger partial charge is 0.349 e. The van der Waals surface area contributed by atoms with E-state index in [9.17, 15) is 9.59 Å². The molecular weight excluding hydrogens is 422 g/mol. The second-order valence-electron chi connectivity index (χ2n) is 6.89. The lowest BCUT2D eigenvalue weighted by atomic mass is 10.2. The van der Waals surface area contributed by atoms with Crippen molar-refractivity contribution in [1.29, 1.82) is 0 Å². The predicted octanol–water partition coefficient (Wildman–Crippen LogP) is 4.29.